The Morgan fingerprint density at radius 2 is 2.10 bits per heavy atom. The second kappa shape index (κ2) is 4.67. The van der Waals surface area contributed by atoms with Crippen LogP contribution in [0.25, 0.3) is 0 Å². The van der Waals surface area contributed by atoms with Crippen LogP contribution in [-0.2, 0) is 7.05 Å². The van der Waals surface area contributed by atoms with Gasteiger partial charge in [-0.15, -0.1) is 0 Å². The molecule has 104 valence electrons. The van der Waals surface area contributed by atoms with Gasteiger partial charge in [0.1, 0.15) is 0 Å². The van der Waals surface area contributed by atoms with Crippen molar-refractivity contribution in [2.24, 2.45) is 17.8 Å². The van der Waals surface area contributed by atoms with Crippen molar-refractivity contribution in [1.29, 1.82) is 0 Å². The zero-order chi connectivity index (χ0) is 14.3. The van der Waals surface area contributed by atoms with Gasteiger partial charge in [-0.25, -0.2) is 0 Å². The zero-order valence-electron chi connectivity index (χ0n) is 12.0. The molecule has 3 rings (SSSR count). The molecule has 0 amide bonds. The molecule has 2 N–H and O–H groups in total. The van der Waals surface area contributed by atoms with Crippen LogP contribution >= 0.6 is 0 Å². The van der Waals surface area contributed by atoms with Gasteiger partial charge in [-0.3, -0.25) is 9.67 Å². The van der Waals surface area contributed by atoms with Gasteiger partial charge in [0.25, 0.3) is 0 Å². The fourth-order valence-corrected chi connectivity index (χ4v) is 2.67. The van der Waals surface area contributed by atoms with Gasteiger partial charge in [0, 0.05) is 24.0 Å². The van der Waals surface area contributed by atoms with Crippen LogP contribution in [0.1, 0.15) is 22.9 Å². The minimum Gasteiger partial charge on any atom is -0.369 e. The van der Waals surface area contributed by atoms with E-state index in [-0.39, 0.29) is 6.04 Å². The van der Waals surface area contributed by atoms with E-state index in [1.807, 2.05) is 24.0 Å². The largest absolute Gasteiger partial charge is 0.369 e. The van der Waals surface area contributed by atoms with Crippen molar-refractivity contribution in [3.8, 4) is 0 Å². The quantitative estimate of drug-likeness (QED) is 0.906. The summed E-state index contributed by atoms with van der Waals surface area (Å²) in [5, 5.41) is 4.33. The highest BCUT2D eigenvalue weighted by atomic mass is 15.3. The number of anilines is 1. The summed E-state index contributed by atoms with van der Waals surface area (Å²) >= 11 is 0. The van der Waals surface area contributed by atoms with Gasteiger partial charge in [-0.2, -0.15) is 5.10 Å². The third kappa shape index (κ3) is 1.95. The first-order chi connectivity index (χ1) is 9.58. The summed E-state index contributed by atoms with van der Waals surface area (Å²) in [5.41, 5.74) is 10.7. The normalized spacial score (nSPS) is 18.4. The van der Waals surface area contributed by atoms with Crippen LogP contribution in [0.5, 0.6) is 0 Å². The van der Waals surface area contributed by atoms with Crippen LogP contribution < -0.4 is 10.6 Å². The molecule has 1 atom stereocenters. The van der Waals surface area contributed by atoms with Crippen molar-refractivity contribution in [3.05, 3.63) is 47.3 Å². The SMILES string of the molecule is Cc1cccc(N2C(N)=NCC2c2cnn(C)c2C)c1. The number of benzene rings is 1. The van der Waals surface area contributed by atoms with E-state index in [9.17, 15) is 0 Å². The van der Waals surface area contributed by atoms with Crippen LogP contribution in [0.4, 0.5) is 5.69 Å². The maximum Gasteiger partial charge on any atom is 0.196 e. The first-order valence-corrected chi connectivity index (χ1v) is 6.72. The molecule has 0 radical (unpaired) electrons. The maximum atomic E-state index is 6.09. The van der Waals surface area contributed by atoms with Gasteiger partial charge in [0.05, 0.1) is 18.8 Å². The summed E-state index contributed by atoms with van der Waals surface area (Å²) in [6.45, 7) is 4.83. The Hall–Kier alpha value is -2.30. The smallest absolute Gasteiger partial charge is 0.196 e. The van der Waals surface area contributed by atoms with Gasteiger partial charge < -0.3 is 10.6 Å². The van der Waals surface area contributed by atoms with Crippen LogP contribution in [0, 0.1) is 13.8 Å². The Morgan fingerprint density at radius 1 is 1.30 bits per heavy atom. The lowest BCUT2D eigenvalue weighted by atomic mass is 10.1. The number of hydrogen-bond acceptors (Lipinski definition) is 4. The number of aromatic nitrogens is 2. The Kier molecular flexibility index (Phi) is 2.97. The predicted molar refractivity (Wildman–Crippen MR) is 80.8 cm³/mol. The summed E-state index contributed by atoms with van der Waals surface area (Å²) in [6, 6.07) is 8.46. The molecule has 1 aromatic carbocycles. The highest BCUT2D eigenvalue weighted by Gasteiger charge is 2.31. The Bertz CT molecular complexity index is 671. The summed E-state index contributed by atoms with van der Waals surface area (Å²) in [7, 11) is 1.95. The monoisotopic (exact) mass is 269 g/mol. The molecule has 0 spiro atoms. The minimum atomic E-state index is 0.130. The van der Waals surface area contributed by atoms with E-state index in [4.69, 9.17) is 5.73 Å². The molecule has 0 fully saturated rings. The van der Waals surface area contributed by atoms with Crippen molar-refractivity contribution < 1.29 is 0 Å². The molecule has 5 nitrogen and oxygen atoms in total. The second-order valence-electron chi connectivity index (χ2n) is 5.23. The van der Waals surface area contributed by atoms with E-state index < -0.39 is 0 Å². The van der Waals surface area contributed by atoms with Gasteiger partial charge in [0.15, 0.2) is 5.96 Å². The topological polar surface area (TPSA) is 59.4 Å². The number of rotatable bonds is 2. The number of guanidine groups is 1. The Morgan fingerprint density at radius 3 is 2.75 bits per heavy atom. The lowest BCUT2D eigenvalue weighted by Gasteiger charge is -2.26. The molecule has 0 saturated carbocycles. The molecule has 1 unspecified atom stereocenters. The van der Waals surface area contributed by atoms with E-state index in [0.717, 1.165) is 11.4 Å². The van der Waals surface area contributed by atoms with Gasteiger partial charge >= 0.3 is 0 Å². The lowest BCUT2D eigenvalue weighted by molar-refractivity contribution is 0.723. The number of nitrogens with two attached hydrogens (primary N) is 1. The van der Waals surface area contributed by atoms with Crippen LogP contribution in [0.3, 0.4) is 0 Å². The van der Waals surface area contributed by atoms with Gasteiger partial charge in [-0.1, -0.05) is 12.1 Å². The number of hydrogen-bond donors (Lipinski definition) is 1. The molecule has 1 aliphatic rings. The Labute approximate surface area is 118 Å². The predicted octanol–water partition coefficient (Wildman–Crippen LogP) is 1.91. The van der Waals surface area contributed by atoms with E-state index >= 15 is 0 Å². The molecular weight excluding hydrogens is 250 g/mol. The molecular formula is C15H19N5. The molecule has 5 heteroatoms. The first kappa shape index (κ1) is 12.7. The van der Waals surface area contributed by atoms with E-state index in [2.05, 4.69) is 47.0 Å². The summed E-state index contributed by atoms with van der Waals surface area (Å²) in [4.78, 5) is 6.51. The molecule has 2 heterocycles. The third-order valence-electron chi connectivity index (χ3n) is 3.90. The first-order valence-electron chi connectivity index (χ1n) is 6.72. The van der Waals surface area contributed by atoms with Gasteiger partial charge in [-0.05, 0) is 31.5 Å². The average Bonchev–Trinajstić information content (AvgIpc) is 2.94. The fourth-order valence-electron chi connectivity index (χ4n) is 2.67. The zero-order valence-corrected chi connectivity index (χ0v) is 12.0. The number of aliphatic imine (C=N–C) groups is 1. The van der Waals surface area contributed by atoms with Crippen LogP contribution in [0.15, 0.2) is 35.5 Å². The Balaban J connectivity index is 2.03. The van der Waals surface area contributed by atoms with E-state index in [1.54, 1.807) is 0 Å². The van der Waals surface area contributed by atoms with E-state index in [0.29, 0.717) is 12.5 Å². The minimum absolute atomic E-state index is 0.130. The molecule has 2 aromatic rings. The number of aryl methyl sites for hydroxylation is 2. The third-order valence-corrected chi connectivity index (χ3v) is 3.90. The number of nitrogens with zero attached hydrogens (tertiary/aromatic N) is 4. The molecule has 1 aliphatic heterocycles. The molecule has 1 aromatic heterocycles. The van der Waals surface area contributed by atoms with Crippen molar-refractivity contribution >= 4 is 11.6 Å². The second-order valence-corrected chi connectivity index (χ2v) is 5.23. The highest BCUT2D eigenvalue weighted by molar-refractivity contribution is 5.97. The molecule has 0 saturated heterocycles. The summed E-state index contributed by atoms with van der Waals surface area (Å²) in [5.74, 6) is 0.573. The average molecular weight is 269 g/mol. The lowest BCUT2D eigenvalue weighted by Crippen LogP contribution is -2.36. The standard InChI is InChI=1S/C15H19N5/c1-10-5-4-6-12(7-10)20-14(9-17-15(20)16)13-8-18-19(3)11(13)2/h4-8,14H,9H2,1-3H3,(H2,16,17). The van der Waals surface area contributed by atoms with Crippen LogP contribution in [-0.4, -0.2) is 22.3 Å². The fraction of sp³-hybridized carbons (Fsp3) is 0.333. The van der Waals surface area contributed by atoms with Crippen molar-refractivity contribution in [1.82, 2.24) is 9.78 Å². The van der Waals surface area contributed by atoms with Crippen molar-refractivity contribution in [2.75, 3.05) is 11.4 Å². The summed E-state index contributed by atoms with van der Waals surface area (Å²) < 4.78 is 1.89. The van der Waals surface area contributed by atoms with Crippen LogP contribution in [0.2, 0.25) is 0 Å². The van der Waals surface area contributed by atoms with E-state index in [1.165, 1.54) is 11.1 Å². The molecule has 20 heavy (non-hydrogen) atoms. The summed E-state index contributed by atoms with van der Waals surface area (Å²) in [6.07, 6.45) is 1.91. The van der Waals surface area contributed by atoms with Crippen molar-refractivity contribution in [2.45, 2.75) is 19.9 Å². The molecule has 0 bridgehead atoms. The molecule has 0 aliphatic carbocycles. The van der Waals surface area contributed by atoms with Crippen molar-refractivity contribution in [3.63, 3.8) is 0 Å². The highest BCUT2D eigenvalue weighted by Crippen LogP contribution is 2.32. The maximum absolute atomic E-state index is 6.09. The van der Waals surface area contributed by atoms with Gasteiger partial charge in [0.2, 0.25) is 0 Å².